The number of anilines is 1. The van der Waals surface area contributed by atoms with E-state index in [0.29, 0.717) is 5.75 Å². The van der Waals surface area contributed by atoms with Gasteiger partial charge in [0.2, 0.25) is 5.91 Å². The highest BCUT2D eigenvalue weighted by Crippen LogP contribution is 2.18. The minimum Gasteiger partial charge on any atom is -0.324 e. The standard InChI is InChI=1S/C15H13ClINOS/c16-12-7-5-11(6-8-12)9-20-10-15(19)18-14-4-2-1-3-13(14)17/h1-8H,9-10H2,(H,18,19). The number of carbonyl (C=O) groups is 1. The van der Waals surface area contributed by atoms with Gasteiger partial charge in [0.05, 0.1) is 11.4 Å². The Kier molecular flexibility index (Phi) is 6.19. The first-order valence-electron chi connectivity index (χ1n) is 6.02. The molecule has 0 saturated carbocycles. The van der Waals surface area contributed by atoms with Gasteiger partial charge >= 0.3 is 0 Å². The molecule has 0 aliphatic rings. The van der Waals surface area contributed by atoms with Crippen LogP contribution >= 0.6 is 46.0 Å². The molecule has 1 amide bonds. The summed E-state index contributed by atoms with van der Waals surface area (Å²) in [6, 6.07) is 15.4. The number of thioether (sulfide) groups is 1. The van der Waals surface area contributed by atoms with E-state index in [4.69, 9.17) is 11.6 Å². The number of halogens is 2. The Labute approximate surface area is 141 Å². The van der Waals surface area contributed by atoms with Crippen molar-refractivity contribution in [3.63, 3.8) is 0 Å². The third-order valence-corrected chi connectivity index (χ3v) is 4.76. The number of hydrogen-bond donors (Lipinski definition) is 1. The molecule has 2 aromatic rings. The molecular formula is C15H13ClINOS. The Hall–Kier alpha value is -0.720. The van der Waals surface area contributed by atoms with E-state index in [9.17, 15) is 4.79 Å². The molecule has 0 radical (unpaired) electrons. The Morgan fingerprint density at radius 3 is 2.55 bits per heavy atom. The summed E-state index contributed by atoms with van der Waals surface area (Å²) in [5.74, 6) is 1.26. The zero-order valence-corrected chi connectivity index (χ0v) is 14.3. The van der Waals surface area contributed by atoms with Gasteiger partial charge in [-0.1, -0.05) is 35.9 Å². The molecule has 0 aliphatic carbocycles. The average molecular weight is 418 g/mol. The van der Waals surface area contributed by atoms with Crippen molar-refractivity contribution in [2.75, 3.05) is 11.1 Å². The van der Waals surface area contributed by atoms with Gasteiger partial charge < -0.3 is 5.32 Å². The second-order valence-electron chi connectivity index (χ2n) is 4.15. The Balaban J connectivity index is 1.78. The fraction of sp³-hybridized carbons (Fsp3) is 0.133. The Bertz CT molecular complexity index is 589. The molecule has 0 spiro atoms. The van der Waals surface area contributed by atoms with Crippen molar-refractivity contribution < 1.29 is 4.79 Å². The Morgan fingerprint density at radius 1 is 1.15 bits per heavy atom. The third kappa shape index (κ3) is 5.00. The van der Waals surface area contributed by atoms with E-state index in [1.807, 2.05) is 48.5 Å². The number of hydrogen-bond acceptors (Lipinski definition) is 2. The van der Waals surface area contributed by atoms with E-state index in [1.165, 1.54) is 5.56 Å². The van der Waals surface area contributed by atoms with E-state index >= 15 is 0 Å². The summed E-state index contributed by atoms with van der Waals surface area (Å²) in [4.78, 5) is 11.9. The summed E-state index contributed by atoms with van der Waals surface area (Å²) in [6.45, 7) is 0. The highest BCUT2D eigenvalue weighted by atomic mass is 127. The summed E-state index contributed by atoms with van der Waals surface area (Å²) in [6.07, 6.45) is 0. The molecule has 0 aromatic heterocycles. The van der Waals surface area contributed by atoms with Crippen LogP contribution in [0.4, 0.5) is 5.69 Å². The first kappa shape index (κ1) is 15.7. The summed E-state index contributed by atoms with van der Waals surface area (Å²) < 4.78 is 1.04. The lowest BCUT2D eigenvalue weighted by Crippen LogP contribution is -2.14. The van der Waals surface area contributed by atoms with E-state index in [1.54, 1.807) is 11.8 Å². The minimum absolute atomic E-state index is 0.0214. The monoisotopic (exact) mass is 417 g/mol. The van der Waals surface area contributed by atoms with Gasteiger partial charge in [0, 0.05) is 14.3 Å². The molecule has 0 aliphatic heterocycles. The molecule has 0 atom stereocenters. The zero-order chi connectivity index (χ0) is 14.4. The average Bonchev–Trinajstić information content (AvgIpc) is 2.44. The van der Waals surface area contributed by atoms with Crippen molar-refractivity contribution in [2.45, 2.75) is 5.75 Å². The number of nitrogens with one attached hydrogen (secondary N) is 1. The predicted molar refractivity (Wildman–Crippen MR) is 95.4 cm³/mol. The fourth-order valence-corrected chi connectivity index (χ4v) is 3.03. The minimum atomic E-state index is 0.0214. The van der Waals surface area contributed by atoms with Crippen LogP contribution in [0.1, 0.15) is 5.56 Å². The lowest BCUT2D eigenvalue weighted by molar-refractivity contribution is -0.113. The lowest BCUT2D eigenvalue weighted by atomic mass is 10.2. The maximum Gasteiger partial charge on any atom is 0.234 e. The SMILES string of the molecule is O=C(CSCc1ccc(Cl)cc1)Nc1ccccc1I. The van der Waals surface area contributed by atoms with Crippen LogP contribution in [-0.2, 0) is 10.5 Å². The number of amides is 1. The molecule has 0 unspecified atom stereocenters. The van der Waals surface area contributed by atoms with Crippen LogP contribution in [0.25, 0.3) is 0 Å². The molecule has 5 heteroatoms. The van der Waals surface area contributed by atoms with Crippen molar-refractivity contribution in [3.05, 3.63) is 62.7 Å². The van der Waals surface area contributed by atoms with Gasteiger partial charge in [0.15, 0.2) is 0 Å². The molecule has 0 fully saturated rings. The predicted octanol–water partition coefficient (Wildman–Crippen LogP) is 4.82. The van der Waals surface area contributed by atoms with Crippen LogP contribution in [0.3, 0.4) is 0 Å². The molecule has 104 valence electrons. The summed E-state index contributed by atoms with van der Waals surface area (Å²) in [5.41, 5.74) is 2.03. The van der Waals surface area contributed by atoms with E-state index in [-0.39, 0.29) is 5.91 Å². The van der Waals surface area contributed by atoms with Crippen molar-refractivity contribution in [1.29, 1.82) is 0 Å². The van der Waals surface area contributed by atoms with Gasteiger partial charge in [-0.3, -0.25) is 4.79 Å². The van der Waals surface area contributed by atoms with Crippen molar-refractivity contribution >= 4 is 57.5 Å². The van der Waals surface area contributed by atoms with Gasteiger partial charge in [-0.05, 0) is 52.4 Å². The summed E-state index contributed by atoms with van der Waals surface area (Å²) >= 11 is 9.63. The van der Waals surface area contributed by atoms with Crippen LogP contribution in [0.2, 0.25) is 5.02 Å². The number of para-hydroxylation sites is 1. The van der Waals surface area contributed by atoms with Crippen molar-refractivity contribution in [1.82, 2.24) is 0 Å². The molecule has 0 bridgehead atoms. The quantitative estimate of drug-likeness (QED) is 0.707. The topological polar surface area (TPSA) is 29.1 Å². The molecule has 2 aromatic carbocycles. The first-order chi connectivity index (χ1) is 9.65. The maximum absolute atomic E-state index is 11.9. The largest absolute Gasteiger partial charge is 0.324 e. The van der Waals surface area contributed by atoms with Crippen LogP contribution < -0.4 is 5.32 Å². The smallest absolute Gasteiger partial charge is 0.234 e. The van der Waals surface area contributed by atoms with Gasteiger partial charge in [0.25, 0.3) is 0 Å². The molecule has 0 heterocycles. The maximum atomic E-state index is 11.9. The first-order valence-corrected chi connectivity index (χ1v) is 8.63. The van der Waals surface area contributed by atoms with Crippen molar-refractivity contribution in [3.8, 4) is 0 Å². The molecule has 1 N–H and O–H groups in total. The highest BCUT2D eigenvalue weighted by molar-refractivity contribution is 14.1. The Morgan fingerprint density at radius 2 is 1.85 bits per heavy atom. The van der Waals surface area contributed by atoms with E-state index in [2.05, 4.69) is 27.9 Å². The van der Waals surface area contributed by atoms with Gasteiger partial charge in [0.1, 0.15) is 0 Å². The number of carbonyl (C=O) groups excluding carboxylic acids is 1. The van der Waals surface area contributed by atoms with Crippen LogP contribution in [0, 0.1) is 3.57 Å². The molecule has 0 saturated heterocycles. The molecule has 2 nitrogen and oxygen atoms in total. The zero-order valence-electron chi connectivity index (χ0n) is 10.6. The normalized spacial score (nSPS) is 10.3. The van der Waals surface area contributed by atoms with Gasteiger partial charge in [-0.25, -0.2) is 0 Å². The summed E-state index contributed by atoms with van der Waals surface area (Å²) in [7, 11) is 0. The fourth-order valence-electron chi connectivity index (χ4n) is 1.59. The highest BCUT2D eigenvalue weighted by Gasteiger charge is 2.05. The molecule has 20 heavy (non-hydrogen) atoms. The lowest BCUT2D eigenvalue weighted by Gasteiger charge is -2.07. The van der Waals surface area contributed by atoms with Crippen LogP contribution in [-0.4, -0.2) is 11.7 Å². The second kappa shape index (κ2) is 7.90. The van der Waals surface area contributed by atoms with E-state index in [0.717, 1.165) is 20.0 Å². The molecule has 2 rings (SSSR count). The summed E-state index contributed by atoms with van der Waals surface area (Å²) in [5, 5.41) is 3.65. The second-order valence-corrected chi connectivity index (χ2v) is 6.73. The van der Waals surface area contributed by atoms with Crippen LogP contribution in [0.5, 0.6) is 0 Å². The number of rotatable bonds is 5. The molecular weight excluding hydrogens is 405 g/mol. The van der Waals surface area contributed by atoms with Crippen molar-refractivity contribution in [2.24, 2.45) is 0 Å². The van der Waals surface area contributed by atoms with E-state index < -0.39 is 0 Å². The van der Waals surface area contributed by atoms with Gasteiger partial charge in [-0.15, -0.1) is 11.8 Å². The number of benzene rings is 2. The third-order valence-electron chi connectivity index (χ3n) is 2.56. The van der Waals surface area contributed by atoms with Crippen LogP contribution in [0.15, 0.2) is 48.5 Å². The van der Waals surface area contributed by atoms with Gasteiger partial charge in [-0.2, -0.15) is 0 Å².